The van der Waals surface area contributed by atoms with Gasteiger partial charge < -0.3 is 0 Å². The van der Waals surface area contributed by atoms with Crippen LogP contribution in [0.25, 0.3) is 10.6 Å². The van der Waals surface area contributed by atoms with Gasteiger partial charge in [0.05, 0.1) is 9.77 Å². The first-order valence-electron chi connectivity index (χ1n) is 8.04. The molecule has 1 aromatic carbocycles. The Morgan fingerprint density at radius 3 is 2.50 bits per heavy atom. The van der Waals surface area contributed by atoms with E-state index < -0.39 is 21.9 Å². The van der Waals surface area contributed by atoms with Crippen molar-refractivity contribution in [3.63, 3.8) is 0 Å². The van der Waals surface area contributed by atoms with Gasteiger partial charge in [0, 0.05) is 16.4 Å². The summed E-state index contributed by atoms with van der Waals surface area (Å²) < 4.78 is 65.8. The molecule has 3 aromatic rings. The lowest BCUT2D eigenvalue weighted by Crippen LogP contribution is -2.26. The Morgan fingerprint density at radius 1 is 1.21 bits per heavy atom. The molecule has 150 valence electrons. The van der Waals surface area contributed by atoms with Crippen molar-refractivity contribution in [3.05, 3.63) is 57.6 Å². The lowest BCUT2D eigenvalue weighted by molar-refractivity contribution is -0.141. The van der Waals surface area contributed by atoms with Crippen LogP contribution in [0.15, 0.2) is 41.3 Å². The molecule has 0 unspecified atom stereocenters. The van der Waals surface area contributed by atoms with Gasteiger partial charge in [-0.25, -0.2) is 13.1 Å². The van der Waals surface area contributed by atoms with Crippen molar-refractivity contribution in [1.82, 2.24) is 14.9 Å². The summed E-state index contributed by atoms with van der Waals surface area (Å²) in [6, 6.07) is 9.25. The lowest BCUT2D eigenvalue weighted by atomic mass is 10.2. The molecular weight excluding hydrogens is 435 g/mol. The summed E-state index contributed by atoms with van der Waals surface area (Å²) in [4.78, 5) is 0.827. The van der Waals surface area contributed by atoms with Gasteiger partial charge in [-0.2, -0.15) is 18.3 Å². The first kappa shape index (κ1) is 20.8. The Labute approximate surface area is 168 Å². The van der Waals surface area contributed by atoms with Crippen molar-refractivity contribution in [2.75, 3.05) is 6.54 Å². The molecule has 0 saturated carbocycles. The highest BCUT2D eigenvalue weighted by atomic mass is 35.5. The zero-order chi connectivity index (χ0) is 20.5. The topological polar surface area (TPSA) is 74.8 Å². The lowest BCUT2D eigenvalue weighted by Gasteiger charge is -2.06. The second kappa shape index (κ2) is 7.86. The van der Waals surface area contributed by atoms with Gasteiger partial charge in [0.25, 0.3) is 0 Å². The van der Waals surface area contributed by atoms with Gasteiger partial charge in [-0.3, -0.25) is 5.10 Å². The van der Waals surface area contributed by atoms with Gasteiger partial charge in [-0.15, -0.1) is 11.3 Å². The van der Waals surface area contributed by atoms with E-state index >= 15 is 0 Å². The smallest absolute Gasteiger partial charge is 0.273 e. The van der Waals surface area contributed by atoms with E-state index in [0.717, 1.165) is 23.0 Å². The third-order valence-corrected chi connectivity index (χ3v) is 6.96. The number of benzene rings is 1. The minimum absolute atomic E-state index is 0.0279. The minimum atomic E-state index is -4.55. The number of nitrogens with zero attached hydrogens (tertiary/aromatic N) is 1. The molecule has 0 fully saturated rings. The van der Waals surface area contributed by atoms with Gasteiger partial charge >= 0.3 is 6.18 Å². The molecule has 11 heteroatoms. The molecule has 0 aliphatic rings. The van der Waals surface area contributed by atoms with Crippen molar-refractivity contribution in [1.29, 1.82) is 0 Å². The predicted molar refractivity (Wildman–Crippen MR) is 102 cm³/mol. The average Bonchev–Trinajstić information content (AvgIpc) is 3.23. The Bertz CT molecular complexity index is 1070. The molecule has 2 heterocycles. The maximum absolute atomic E-state index is 12.7. The third kappa shape index (κ3) is 4.75. The zero-order valence-corrected chi connectivity index (χ0v) is 16.9. The van der Waals surface area contributed by atoms with Gasteiger partial charge in [-0.05, 0) is 43.2 Å². The first-order chi connectivity index (χ1) is 13.1. The Hall–Kier alpha value is -1.88. The third-order valence-electron chi connectivity index (χ3n) is 3.92. The SMILES string of the molecule is Cc1sc(-c2cc(C(F)(F)F)[nH]n2)cc1S(=O)(=O)NCCc1ccc(Cl)cc1. The van der Waals surface area contributed by atoms with Crippen LogP contribution in [0.5, 0.6) is 0 Å². The number of sulfonamides is 1. The van der Waals surface area contributed by atoms with Crippen LogP contribution in [-0.2, 0) is 22.6 Å². The van der Waals surface area contributed by atoms with Gasteiger partial charge in [0.1, 0.15) is 11.4 Å². The average molecular weight is 450 g/mol. The number of H-pyrrole nitrogens is 1. The number of aromatic nitrogens is 2. The van der Waals surface area contributed by atoms with E-state index in [1.54, 1.807) is 31.2 Å². The van der Waals surface area contributed by atoms with Crippen LogP contribution in [0.4, 0.5) is 13.2 Å². The van der Waals surface area contributed by atoms with Crippen LogP contribution in [0.2, 0.25) is 5.02 Å². The van der Waals surface area contributed by atoms with E-state index in [9.17, 15) is 21.6 Å². The molecule has 5 nitrogen and oxygen atoms in total. The number of rotatable bonds is 6. The number of alkyl halides is 3. The van der Waals surface area contributed by atoms with Crippen LogP contribution >= 0.6 is 22.9 Å². The maximum atomic E-state index is 12.7. The van der Waals surface area contributed by atoms with E-state index in [-0.39, 0.29) is 17.1 Å². The Morgan fingerprint density at radius 2 is 1.89 bits per heavy atom. The van der Waals surface area contributed by atoms with Crippen molar-refractivity contribution < 1.29 is 21.6 Å². The standard InChI is InChI=1S/C17H15ClF3N3O2S2/c1-10-15(9-14(27-10)13-8-16(24-23-13)17(19,20)21)28(25,26)22-7-6-11-2-4-12(18)5-3-11/h2-5,8-9,22H,6-7H2,1H3,(H,23,24). The summed E-state index contributed by atoms with van der Waals surface area (Å²) in [5.41, 5.74) is -0.0203. The van der Waals surface area contributed by atoms with Crippen LogP contribution in [0, 0.1) is 6.92 Å². The summed E-state index contributed by atoms with van der Waals surface area (Å²) >= 11 is 6.88. The molecule has 0 spiro atoms. The quantitative estimate of drug-likeness (QED) is 0.575. The van der Waals surface area contributed by atoms with Crippen LogP contribution in [0.1, 0.15) is 16.1 Å². The largest absolute Gasteiger partial charge is 0.432 e. The predicted octanol–water partition coefficient (Wildman–Crippen LogP) is 4.64. The van der Waals surface area contributed by atoms with E-state index in [0.29, 0.717) is 21.2 Å². The number of aromatic amines is 1. The molecule has 2 N–H and O–H groups in total. The molecule has 0 bridgehead atoms. The number of aryl methyl sites for hydroxylation is 1. The molecule has 28 heavy (non-hydrogen) atoms. The molecule has 0 saturated heterocycles. The highest BCUT2D eigenvalue weighted by Gasteiger charge is 2.33. The second-order valence-corrected chi connectivity index (χ2v) is 9.40. The molecule has 0 radical (unpaired) electrons. The fourth-order valence-corrected chi connectivity index (χ4v) is 5.22. The number of halogens is 4. The molecule has 0 amide bonds. The maximum Gasteiger partial charge on any atom is 0.432 e. The van der Waals surface area contributed by atoms with E-state index in [2.05, 4.69) is 9.82 Å². The van der Waals surface area contributed by atoms with Gasteiger partial charge in [0.15, 0.2) is 0 Å². The summed E-state index contributed by atoms with van der Waals surface area (Å²) in [6.45, 7) is 1.77. The van der Waals surface area contributed by atoms with Crippen molar-refractivity contribution in [2.45, 2.75) is 24.4 Å². The second-order valence-electron chi connectivity index (χ2n) is 5.97. The van der Waals surface area contributed by atoms with E-state index in [4.69, 9.17) is 11.6 Å². The van der Waals surface area contributed by atoms with E-state index in [1.165, 1.54) is 6.07 Å². The number of nitrogens with one attached hydrogen (secondary N) is 2. The van der Waals surface area contributed by atoms with Crippen molar-refractivity contribution >= 4 is 33.0 Å². The van der Waals surface area contributed by atoms with E-state index in [1.807, 2.05) is 5.10 Å². The molecule has 0 aliphatic heterocycles. The number of hydrogen-bond acceptors (Lipinski definition) is 4. The first-order valence-corrected chi connectivity index (χ1v) is 10.7. The Balaban J connectivity index is 1.73. The minimum Gasteiger partial charge on any atom is -0.273 e. The zero-order valence-electron chi connectivity index (χ0n) is 14.5. The summed E-state index contributed by atoms with van der Waals surface area (Å²) in [5.74, 6) is 0. The van der Waals surface area contributed by atoms with Crippen molar-refractivity contribution in [3.8, 4) is 10.6 Å². The summed E-state index contributed by atoms with van der Waals surface area (Å²) in [7, 11) is -3.80. The Kier molecular flexibility index (Phi) is 5.85. The monoisotopic (exact) mass is 449 g/mol. The van der Waals surface area contributed by atoms with Crippen molar-refractivity contribution in [2.24, 2.45) is 0 Å². The van der Waals surface area contributed by atoms with Gasteiger partial charge in [-0.1, -0.05) is 23.7 Å². The van der Waals surface area contributed by atoms with Crippen LogP contribution in [0.3, 0.4) is 0 Å². The summed E-state index contributed by atoms with van der Waals surface area (Å²) in [6.07, 6.45) is -4.07. The highest BCUT2D eigenvalue weighted by Crippen LogP contribution is 2.35. The number of hydrogen-bond donors (Lipinski definition) is 2. The molecule has 2 aromatic heterocycles. The fourth-order valence-electron chi connectivity index (χ4n) is 2.51. The normalized spacial score (nSPS) is 12.5. The molecule has 0 aliphatic carbocycles. The van der Waals surface area contributed by atoms with Crippen LogP contribution in [-0.4, -0.2) is 25.2 Å². The molecule has 3 rings (SSSR count). The number of thiophene rings is 1. The molecule has 0 atom stereocenters. The summed E-state index contributed by atoms with van der Waals surface area (Å²) in [5, 5.41) is 6.16. The highest BCUT2D eigenvalue weighted by molar-refractivity contribution is 7.89. The fraction of sp³-hybridized carbons (Fsp3) is 0.235. The molecular formula is C17H15ClF3N3O2S2. The van der Waals surface area contributed by atoms with Crippen LogP contribution < -0.4 is 4.72 Å². The van der Waals surface area contributed by atoms with Gasteiger partial charge in [0.2, 0.25) is 10.0 Å².